The second kappa shape index (κ2) is 8.74. The van der Waals surface area contributed by atoms with Gasteiger partial charge in [0.1, 0.15) is 29.8 Å². The van der Waals surface area contributed by atoms with E-state index < -0.39 is 34.9 Å². The number of fused-ring (bicyclic) bond motifs is 1. The molecule has 1 aromatic rings. The summed E-state index contributed by atoms with van der Waals surface area (Å²) < 4.78 is 4.24. The van der Waals surface area contributed by atoms with Crippen molar-refractivity contribution >= 4 is 51.9 Å². The Morgan fingerprint density at radius 3 is 2.76 bits per heavy atom. The molecule has 3 aliphatic heterocycles. The summed E-state index contributed by atoms with van der Waals surface area (Å²) in [5.74, 6) is -2.54. The van der Waals surface area contributed by atoms with Crippen LogP contribution in [-0.2, 0) is 19.2 Å². The summed E-state index contributed by atoms with van der Waals surface area (Å²) in [6.45, 7) is 0.838. The third kappa shape index (κ3) is 4.44. The van der Waals surface area contributed by atoms with E-state index in [2.05, 4.69) is 19.8 Å². The van der Waals surface area contributed by atoms with E-state index in [9.17, 15) is 24.7 Å². The highest BCUT2D eigenvalue weighted by Gasteiger charge is 2.54. The minimum absolute atomic E-state index is 0.0787. The van der Waals surface area contributed by atoms with E-state index in [1.165, 1.54) is 11.8 Å². The number of carboxylic acid groups (broad SMARTS) is 1. The highest BCUT2D eigenvalue weighted by Crippen LogP contribution is 2.40. The number of allylic oxidation sites excluding steroid dienone is 1. The lowest BCUT2D eigenvalue weighted by molar-refractivity contribution is -1.06. The topological polar surface area (TPSA) is 180 Å². The molecule has 2 amide bonds. The van der Waals surface area contributed by atoms with Crippen molar-refractivity contribution in [2.45, 2.75) is 23.9 Å². The van der Waals surface area contributed by atoms with Crippen molar-refractivity contribution in [2.24, 2.45) is 5.16 Å². The second-order valence-electron chi connectivity index (χ2n) is 8.03. The van der Waals surface area contributed by atoms with Crippen molar-refractivity contribution in [1.29, 1.82) is 0 Å². The maximum atomic E-state index is 12.8. The van der Waals surface area contributed by atoms with E-state index in [1.807, 2.05) is 20.2 Å². The number of hydrogen-bond acceptors (Lipinski definition) is 11. The number of amides is 2. The predicted molar refractivity (Wildman–Crippen MR) is 118 cm³/mol. The van der Waals surface area contributed by atoms with Gasteiger partial charge in [-0.1, -0.05) is 11.2 Å². The van der Waals surface area contributed by atoms with Crippen molar-refractivity contribution in [1.82, 2.24) is 19.6 Å². The Morgan fingerprint density at radius 1 is 1.42 bits per heavy atom. The van der Waals surface area contributed by atoms with Crippen molar-refractivity contribution in [2.75, 3.05) is 32.1 Å². The number of aromatic nitrogens is 2. The number of nitrogen functional groups attached to an aromatic ring is 1. The molecule has 0 saturated carbocycles. The molecule has 0 bridgehead atoms. The van der Waals surface area contributed by atoms with Crippen LogP contribution in [0, 0.1) is 0 Å². The van der Waals surface area contributed by atoms with Gasteiger partial charge in [0.2, 0.25) is 11.5 Å². The van der Waals surface area contributed by atoms with Crippen LogP contribution < -0.4 is 11.1 Å². The van der Waals surface area contributed by atoms with E-state index in [-0.39, 0.29) is 22.8 Å². The fourth-order valence-electron chi connectivity index (χ4n) is 3.77. The van der Waals surface area contributed by atoms with Crippen LogP contribution in [0.5, 0.6) is 0 Å². The summed E-state index contributed by atoms with van der Waals surface area (Å²) in [7, 11) is 3.88. The number of thioether (sulfide) groups is 1. The van der Waals surface area contributed by atoms with Crippen molar-refractivity contribution in [3.8, 4) is 0 Å². The Kier molecular flexibility index (Phi) is 6.13. The van der Waals surface area contributed by atoms with E-state index in [0.717, 1.165) is 29.4 Å². The van der Waals surface area contributed by atoms with Gasteiger partial charge in [-0.05, 0) is 11.6 Å². The first-order chi connectivity index (χ1) is 15.6. The molecule has 33 heavy (non-hydrogen) atoms. The molecule has 176 valence electrons. The van der Waals surface area contributed by atoms with Gasteiger partial charge in [0.25, 0.3) is 11.8 Å². The monoisotopic (exact) mass is 496 g/mol. The molecule has 4 heterocycles. The van der Waals surface area contributed by atoms with Gasteiger partial charge in [-0.2, -0.15) is 18.8 Å². The lowest BCUT2D eigenvalue weighted by atomic mass is 10.0. The van der Waals surface area contributed by atoms with E-state index in [4.69, 9.17) is 10.6 Å². The molecule has 1 aromatic heterocycles. The number of nitrogens with two attached hydrogens (primary N) is 1. The smallest absolute Gasteiger partial charge is 0.352 e. The maximum absolute atomic E-state index is 12.8. The number of β-lactam (4-membered cyclic amide) rings is 1. The minimum Gasteiger partial charge on any atom is -0.477 e. The lowest BCUT2D eigenvalue weighted by Crippen LogP contribution is -2.71. The largest absolute Gasteiger partial charge is 0.477 e. The second-order valence-corrected chi connectivity index (χ2v) is 9.92. The van der Waals surface area contributed by atoms with Gasteiger partial charge in [-0.3, -0.25) is 14.5 Å². The molecule has 0 aliphatic carbocycles. The first kappa shape index (κ1) is 23.2. The summed E-state index contributed by atoms with van der Waals surface area (Å²) in [5.41, 5.74) is 5.36. The van der Waals surface area contributed by atoms with E-state index in [1.54, 1.807) is 6.08 Å². The molecule has 0 unspecified atom stereocenters. The molecule has 4 rings (SSSR count). The molecule has 2 saturated heterocycles. The number of carbonyl (C=O) groups excluding carboxylic acids is 2. The average Bonchev–Trinajstić information content (AvgIpc) is 3.34. The fraction of sp³-hybridized carbons (Fsp3) is 0.444. The molecule has 2 fully saturated rings. The zero-order valence-electron chi connectivity index (χ0n) is 17.7. The van der Waals surface area contributed by atoms with Gasteiger partial charge in [0.05, 0.1) is 14.1 Å². The molecule has 0 radical (unpaired) electrons. The minimum atomic E-state index is -1.23. The van der Waals surface area contributed by atoms with Gasteiger partial charge in [0.15, 0.2) is 5.13 Å². The highest BCUT2D eigenvalue weighted by atomic mass is 32.2. The van der Waals surface area contributed by atoms with Crippen molar-refractivity contribution in [3.63, 3.8) is 0 Å². The predicted octanol–water partition coefficient (Wildman–Crippen LogP) is -0.626. The van der Waals surface area contributed by atoms with Crippen LogP contribution >= 0.6 is 23.3 Å². The third-order valence-electron chi connectivity index (χ3n) is 5.34. The van der Waals surface area contributed by atoms with Crippen LogP contribution in [-0.4, -0.2) is 96.6 Å². The van der Waals surface area contributed by atoms with Crippen molar-refractivity contribution < 1.29 is 34.2 Å². The summed E-state index contributed by atoms with van der Waals surface area (Å²) in [4.78, 5) is 48.1. The van der Waals surface area contributed by atoms with Crippen LogP contribution in [0.2, 0.25) is 0 Å². The van der Waals surface area contributed by atoms with Crippen LogP contribution in [0.1, 0.15) is 12.2 Å². The first-order valence-corrected chi connectivity index (χ1v) is 11.7. The van der Waals surface area contributed by atoms with Gasteiger partial charge >= 0.3 is 5.97 Å². The van der Waals surface area contributed by atoms with E-state index in [0.29, 0.717) is 16.0 Å². The molecule has 0 spiro atoms. The SMILES string of the molecule is C[N+]1(C)CC[C@@H](/C=C/C2=C(C(=O)O)N3C(=O)[C@@H](NC(=O)/C(=N\O)c4nsc(N)n4)[C@H]3SC2)O1. The van der Waals surface area contributed by atoms with Crippen LogP contribution in [0.15, 0.2) is 28.6 Å². The molecular formula is C18H22N7O6S2+. The van der Waals surface area contributed by atoms with Crippen molar-refractivity contribution in [3.05, 3.63) is 29.2 Å². The van der Waals surface area contributed by atoms with E-state index >= 15 is 0 Å². The van der Waals surface area contributed by atoms with Gasteiger partial charge < -0.3 is 21.4 Å². The molecule has 5 N–H and O–H groups in total. The molecule has 0 aromatic carbocycles. The number of carbonyl (C=O) groups is 3. The number of hydroxylamine groups is 3. The summed E-state index contributed by atoms with van der Waals surface area (Å²) in [5, 5.41) is 23.8. The maximum Gasteiger partial charge on any atom is 0.352 e. The Labute approximate surface area is 196 Å². The summed E-state index contributed by atoms with van der Waals surface area (Å²) in [6.07, 6.45) is 4.16. The zero-order valence-corrected chi connectivity index (χ0v) is 19.3. The standard InChI is InChI=1S/C18H21N7O6S2/c1-25(2)6-5-9(31-25)4-3-8-7-32-16-11(15(27)24(16)12(8)17(28)29)20-14(26)10(22-30)13-21-18(19)33-23-13/h3-4,9,11,16H,5-7H2,1-2H3,(H4-,19,20,21,23,26,28,29,30)/p+1/b4-3+/t9-,11-,16-/m1/s1. The van der Waals surface area contributed by atoms with Crippen LogP contribution in [0.3, 0.4) is 0 Å². The lowest BCUT2D eigenvalue weighted by Gasteiger charge is -2.49. The summed E-state index contributed by atoms with van der Waals surface area (Å²) >= 11 is 2.14. The number of oxime groups is 1. The average molecular weight is 497 g/mol. The number of nitrogens with one attached hydrogen (secondary N) is 1. The molecular weight excluding hydrogens is 474 g/mol. The van der Waals surface area contributed by atoms with Gasteiger partial charge in [-0.25, -0.2) is 4.79 Å². The van der Waals surface area contributed by atoms with Gasteiger partial charge in [0, 0.05) is 23.7 Å². The normalized spacial score (nSPS) is 27.0. The molecule has 3 atom stereocenters. The van der Waals surface area contributed by atoms with Crippen LogP contribution in [0.25, 0.3) is 0 Å². The summed E-state index contributed by atoms with van der Waals surface area (Å²) in [6, 6.07) is -0.994. The Balaban J connectivity index is 1.48. The molecule has 3 aliphatic rings. The Bertz CT molecular complexity index is 1100. The van der Waals surface area contributed by atoms with Crippen LogP contribution in [0.4, 0.5) is 5.13 Å². The number of aliphatic carboxylic acids is 1. The molecule has 15 heteroatoms. The zero-order chi connectivity index (χ0) is 23.9. The highest BCUT2D eigenvalue weighted by molar-refractivity contribution is 8.00. The number of carboxylic acids is 1. The first-order valence-electron chi connectivity index (χ1n) is 9.84. The molecule has 13 nitrogen and oxygen atoms in total. The Hall–Kier alpha value is -3.01. The number of nitrogens with zero attached hydrogens (tertiary/aromatic N) is 5. The number of anilines is 1. The number of hydrogen-bond donors (Lipinski definition) is 4. The third-order valence-corrected chi connectivity index (χ3v) is 7.19. The number of quaternary nitrogens is 1. The fourth-order valence-corrected chi connectivity index (χ4v) is 5.52. The number of rotatable bonds is 6. The van der Waals surface area contributed by atoms with Gasteiger partial charge in [-0.15, -0.1) is 11.8 Å². The quantitative estimate of drug-likeness (QED) is 0.130. The Morgan fingerprint density at radius 2 is 2.18 bits per heavy atom.